The van der Waals surface area contributed by atoms with Crippen LogP contribution in [-0.4, -0.2) is 7.11 Å². The number of benzene rings is 1. The molecule has 0 atom stereocenters. The molecule has 0 N–H and O–H groups in total. The van der Waals surface area contributed by atoms with Crippen LogP contribution >= 0.6 is 15.9 Å². The van der Waals surface area contributed by atoms with Crippen molar-refractivity contribution in [2.24, 2.45) is 0 Å². The number of rotatable bonds is 2. The van der Waals surface area contributed by atoms with Crippen molar-refractivity contribution >= 4 is 15.9 Å². The molecular weight excluding hydrogens is 252 g/mol. The van der Waals surface area contributed by atoms with Gasteiger partial charge in [-0.2, -0.15) is 0 Å². The van der Waals surface area contributed by atoms with Crippen molar-refractivity contribution in [2.45, 2.75) is 38.0 Å². The van der Waals surface area contributed by atoms with Crippen molar-refractivity contribution in [3.63, 3.8) is 0 Å². The second-order valence-corrected chi connectivity index (χ2v) is 5.05. The van der Waals surface area contributed by atoms with Crippen molar-refractivity contribution in [3.8, 4) is 5.75 Å². The van der Waals surface area contributed by atoms with E-state index in [1.54, 1.807) is 7.11 Å². The van der Waals surface area contributed by atoms with E-state index in [9.17, 15) is 0 Å². The summed E-state index contributed by atoms with van der Waals surface area (Å²) in [7, 11) is 1.76. The lowest BCUT2D eigenvalue weighted by molar-refractivity contribution is 0.386. The molecule has 0 radical (unpaired) electrons. The first-order chi connectivity index (χ1) is 7.33. The van der Waals surface area contributed by atoms with Crippen LogP contribution < -0.4 is 4.74 Å². The van der Waals surface area contributed by atoms with Crippen LogP contribution in [-0.2, 0) is 0 Å². The van der Waals surface area contributed by atoms with Crippen molar-refractivity contribution < 1.29 is 4.74 Å². The molecule has 0 aromatic heterocycles. The molecule has 1 aliphatic rings. The second-order valence-electron chi connectivity index (χ2n) is 4.19. The van der Waals surface area contributed by atoms with E-state index in [1.165, 1.54) is 42.1 Å². The number of halogens is 1. The molecule has 0 unspecified atom stereocenters. The van der Waals surface area contributed by atoms with E-state index >= 15 is 0 Å². The summed E-state index contributed by atoms with van der Waals surface area (Å²) in [5.41, 5.74) is 1.37. The molecule has 1 aromatic rings. The highest BCUT2D eigenvalue weighted by molar-refractivity contribution is 9.10. The molecule has 0 heterocycles. The molecule has 1 saturated carbocycles. The monoisotopic (exact) mass is 268 g/mol. The average Bonchev–Trinajstić information content (AvgIpc) is 2.29. The lowest BCUT2D eigenvalue weighted by Gasteiger charge is -2.24. The first kappa shape index (κ1) is 11.0. The predicted molar refractivity (Wildman–Crippen MR) is 66.5 cm³/mol. The smallest absolute Gasteiger partial charge is 0.123 e. The maximum atomic E-state index is 5.45. The number of hydrogen-bond acceptors (Lipinski definition) is 1. The zero-order valence-corrected chi connectivity index (χ0v) is 10.7. The maximum absolute atomic E-state index is 5.45. The Balaban J connectivity index is 2.31. The molecule has 0 aliphatic heterocycles. The lowest BCUT2D eigenvalue weighted by atomic mass is 9.84. The quantitative estimate of drug-likeness (QED) is 0.767. The fourth-order valence-electron chi connectivity index (χ4n) is 2.48. The Labute approximate surface area is 100.0 Å². The van der Waals surface area contributed by atoms with Gasteiger partial charge in [-0.15, -0.1) is 0 Å². The summed E-state index contributed by atoms with van der Waals surface area (Å²) in [4.78, 5) is 0. The summed E-state index contributed by atoms with van der Waals surface area (Å²) >= 11 is 3.64. The van der Waals surface area contributed by atoms with E-state index in [1.807, 2.05) is 6.07 Å². The molecule has 0 amide bonds. The highest BCUT2D eigenvalue weighted by Crippen LogP contribution is 2.41. The van der Waals surface area contributed by atoms with Gasteiger partial charge in [0, 0.05) is 10.0 Å². The highest BCUT2D eigenvalue weighted by Gasteiger charge is 2.21. The van der Waals surface area contributed by atoms with Crippen LogP contribution in [0.3, 0.4) is 0 Å². The van der Waals surface area contributed by atoms with Crippen LogP contribution in [0.5, 0.6) is 5.75 Å². The van der Waals surface area contributed by atoms with Crippen molar-refractivity contribution in [1.82, 2.24) is 0 Å². The Morgan fingerprint density at radius 3 is 2.60 bits per heavy atom. The molecule has 15 heavy (non-hydrogen) atoms. The summed E-state index contributed by atoms with van der Waals surface area (Å²) in [6, 6.07) is 6.22. The predicted octanol–water partition coefficient (Wildman–Crippen LogP) is 4.51. The molecule has 1 aromatic carbocycles. The normalized spacial score (nSPS) is 17.7. The van der Waals surface area contributed by atoms with Gasteiger partial charge >= 0.3 is 0 Å². The third-order valence-electron chi connectivity index (χ3n) is 3.25. The largest absolute Gasteiger partial charge is 0.496 e. The Bertz CT molecular complexity index is 329. The average molecular weight is 269 g/mol. The molecule has 1 nitrogen and oxygen atoms in total. The Morgan fingerprint density at radius 2 is 1.93 bits per heavy atom. The molecule has 0 bridgehead atoms. The number of ether oxygens (including phenoxy) is 1. The topological polar surface area (TPSA) is 9.23 Å². The molecule has 2 heteroatoms. The van der Waals surface area contributed by atoms with Crippen LogP contribution in [0.25, 0.3) is 0 Å². The zero-order chi connectivity index (χ0) is 10.7. The summed E-state index contributed by atoms with van der Waals surface area (Å²) in [6.45, 7) is 0. The molecule has 2 rings (SSSR count). The minimum absolute atomic E-state index is 0.685. The van der Waals surface area contributed by atoms with Crippen LogP contribution in [0, 0.1) is 0 Å². The third-order valence-corrected chi connectivity index (χ3v) is 3.94. The molecule has 0 saturated heterocycles. The Morgan fingerprint density at radius 1 is 1.20 bits per heavy atom. The van der Waals surface area contributed by atoms with Crippen LogP contribution in [0.1, 0.15) is 43.6 Å². The van der Waals surface area contributed by atoms with Crippen LogP contribution in [0.4, 0.5) is 0 Å². The Hall–Kier alpha value is -0.500. The van der Waals surface area contributed by atoms with Gasteiger partial charge in [-0.3, -0.25) is 0 Å². The van der Waals surface area contributed by atoms with Gasteiger partial charge in [0.15, 0.2) is 0 Å². The van der Waals surface area contributed by atoms with E-state index in [0.29, 0.717) is 5.92 Å². The minimum atomic E-state index is 0.685. The summed E-state index contributed by atoms with van der Waals surface area (Å²) in [6.07, 6.45) is 6.71. The number of hydrogen-bond donors (Lipinski definition) is 0. The van der Waals surface area contributed by atoms with E-state index < -0.39 is 0 Å². The fourth-order valence-corrected chi connectivity index (χ4v) is 3.15. The first-order valence-corrected chi connectivity index (χ1v) is 6.44. The van der Waals surface area contributed by atoms with Gasteiger partial charge in [0.2, 0.25) is 0 Å². The van der Waals surface area contributed by atoms with Crippen molar-refractivity contribution in [3.05, 3.63) is 28.2 Å². The van der Waals surface area contributed by atoms with Crippen LogP contribution in [0.2, 0.25) is 0 Å². The fraction of sp³-hybridized carbons (Fsp3) is 0.538. The standard InChI is InChI=1S/C13H17BrO/c1-15-12-9-5-8-11(14)13(12)10-6-3-2-4-7-10/h5,8-10H,2-4,6-7H2,1H3. The summed E-state index contributed by atoms with van der Waals surface area (Å²) < 4.78 is 6.65. The minimum Gasteiger partial charge on any atom is -0.496 e. The van der Waals surface area contributed by atoms with Gasteiger partial charge < -0.3 is 4.74 Å². The third kappa shape index (κ3) is 2.36. The van der Waals surface area contributed by atoms with Crippen molar-refractivity contribution in [2.75, 3.05) is 7.11 Å². The maximum Gasteiger partial charge on any atom is 0.123 e. The van der Waals surface area contributed by atoms with Gasteiger partial charge in [0.1, 0.15) is 5.75 Å². The van der Waals surface area contributed by atoms with Gasteiger partial charge in [-0.1, -0.05) is 41.3 Å². The van der Waals surface area contributed by atoms with Gasteiger partial charge in [-0.05, 0) is 30.9 Å². The Kier molecular flexibility index (Phi) is 3.68. The van der Waals surface area contributed by atoms with E-state index in [0.717, 1.165) is 5.75 Å². The van der Waals surface area contributed by atoms with E-state index in [4.69, 9.17) is 4.74 Å². The van der Waals surface area contributed by atoms with Crippen molar-refractivity contribution in [1.29, 1.82) is 0 Å². The zero-order valence-electron chi connectivity index (χ0n) is 9.13. The molecule has 1 aliphatic carbocycles. The van der Waals surface area contributed by atoms with Gasteiger partial charge in [0.05, 0.1) is 7.11 Å². The summed E-state index contributed by atoms with van der Waals surface area (Å²) in [5.74, 6) is 1.72. The van der Waals surface area contributed by atoms with Crippen LogP contribution in [0.15, 0.2) is 22.7 Å². The van der Waals surface area contributed by atoms with E-state index in [2.05, 4.69) is 28.1 Å². The van der Waals surface area contributed by atoms with Gasteiger partial charge in [-0.25, -0.2) is 0 Å². The first-order valence-electron chi connectivity index (χ1n) is 5.65. The highest BCUT2D eigenvalue weighted by atomic mass is 79.9. The van der Waals surface area contributed by atoms with Gasteiger partial charge in [0.25, 0.3) is 0 Å². The number of methoxy groups -OCH3 is 1. The SMILES string of the molecule is COc1cccc(Br)c1C1CCCCC1. The molecular formula is C13H17BrO. The van der Waals surface area contributed by atoms with E-state index in [-0.39, 0.29) is 0 Å². The molecule has 0 spiro atoms. The molecule has 1 fully saturated rings. The lowest BCUT2D eigenvalue weighted by Crippen LogP contribution is -2.07. The second kappa shape index (κ2) is 5.02. The summed E-state index contributed by atoms with van der Waals surface area (Å²) in [5, 5.41) is 0. The molecule has 82 valence electrons.